The fraction of sp³-hybridized carbons (Fsp3) is 0.692. The Hall–Kier alpha value is -1.36. The summed E-state index contributed by atoms with van der Waals surface area (Å²) >= 11 is 0. The van der Waals surface area contributed by atoms with E-state index in [9.17, 15) is 4.79 Å². The molecule has 1 unspecified atom stereocenters. The second-order valence-corrected chi connectivity index (χ2v) is 4.67. The molecule has 5 heteroatoms. The zero-order valence-corrected chi connectivity index (χ0v) is 11.8. The van der Waals surface area contributed by atoms with Gasteiger partial charge in [0.1, 0.15) is 0 Å². The van der Waals surface area contributed by atoms with Gasteiger partial charge in [-0.1, -0.05) is 20.3 Å². The van der Waals surface area contributed by atoms with Gasteiger partial charge in [-0.15, -0.1) is 0 Å². The zero-order chi connectivity index (χ0) is 13.5. The Labute approximate surface area is 109 Å². The van der Waals surface area contributed by atoms with Crippen LogP contribution < -0.4 is 15.8 Å². The fourth-order valence-corrected chi connectivity index (χ4v) is 1.91. The van der Waals surface area contributed by atoms with Crippen molar-refractivity contribution in [2.75, 3.05) is 25.5 Å². The van der Waals surface area contributed by atoms with Crippen LogP contribution in [0.3, 0.4) is 0 Å². The molecule has 102 valence electrons. The molecule has 0 aliphatic rings. The average molecular weight is 252 g/mol. The third-order valence-corrected chi connectivity index (χ3v) is 2.89. The van der Waals surface area contributed by atoms with Gasteiger partial charge in [0.05, 0.1) is 18.4 Å². The minimum atomic E-state index is -0.0415. The molecule has 0 aliphatic heterocycles. The van der Waals surface area contributed by atoms with Crippen LogP contribution in [0.15, 0.2) is 17.1 Å². The summed E-state index contributed by atoms with van der Waals surface area (Å²) in [7, 11) is 3.80. The van der Waals surface area contributed by atoms with Crippen LogP contribution >= 0.6 is 0 Å². The number of nitrogens with zero attached hydrogens (tertiary/aromatic N) is 3. The molecule has 0 bridgehead atoms. The molecule has 1 aromatic heterocycles. The highest BCUT2D eigenvalue weighted by molar-refractivity contribution is 5.40. The maximum absolute atomic E-state index is 11.9. The van der Waals surface area contributed by atoms with E-state index >= 15 is 0 Å². The van der Waals surface area contributed by atoms with Crippen LogP contribution in [0.5, 0.6) is 0 Å². The lowest BCUT2D eigenvalue weighted by molar-refractivity contribution is 0.399. The van der Waals surface area contributed by atoms with Gasteiger partial charge < -0.3 is 10.2 Å². The first-order chi connectivity index (χ1) is 8.58. The van der Waals surface area contributed by atoms with Gasteiger partial charge in [0.25, 0.3) is 5.56 Å². The Bertz CT molecular complexity index is 408. The number of hydrogen-bond acceptors (Lipinski definition) is 4. The highest BCUT2D eigenvalue weighted by atomic mass is 16.1. The minimum Gasteiger partial charge on any atom is -0.376 e. The SMILES string of the molecule is CCCC(Cn1ncc(N(C)C)cc1=O)NCC. The summed E-state index contributed by atoms with van der Waals surface area (Å²) in [6.07, 6.45) is 3.88. The first kappa shape index (κ1) is 14.7. The molecule has 1 heterocycles. The first-order valence-corrected chi connectivity index (χ1v) is 6.56. The Balaban J connectivity index is 2.80. The lowest BCUT2D eigenvalue weighted by Gasteiger charge is -2.18. The number of hydrogen-bond donors (Lipinski definition) is 1. The summed E-state index contributed by atoms with van der Waals surface area (Å²) in [6, 6.07) is 1.94. The predicted molar refractivity (Wildman–Crippen MR) is 75.2 cm³/mol. The molecule has 5 nitrogen and oxygen atoms in total. The van der Waals surface area contributed by atoms with Crippen LogP contribution in [0.2, 0.25) is 0 Å². The van der Waals surface area contributed by atoms with Gasteiger partial charge >= 0.3 is 0 Å². The van der Waals surface area contributed by atoms with Crippen LogP contribution in [0.4, 0.5) is 5.69 Å². The zero-order valence-electron chi connectivity index (χ0n) is 11.8. The lowest BCUT2D eigenvalue weighted by atomic mass is 10.1. The molecule has 0 saturated heterocycles. The summed E-state index contributed by atoms with van der Waals surface area (Å²) < 4.78 is 1.54. The minimum absolute atomic E-state index is 0.0415. The fourth-order valence-electron chi connectivity index (χ4n) is 1.91. The first-order valence-electron chi connectivity index (χ1n) is 6.56. The van der Waals surface area contributed by atoms with Gasteiger partial charge in [-0.3, -0.25) is 4.79 Å². The maximum Gasteiger partial charge on any atom is 0.268 e. The van der Waals surface area contributed by atoms with E-state index in [-0.39, 0.29) is 5.56 Å². The molecule has 0 aliphatic carbocycles. The topological polar surface area (TPSA) is 50.2 Å². The number of aromatic nitrogens is 2. The smallest absolute Gasteiger partial charge is 0.268 e. The highest BCUT2D eigenvalue weighted by Gasteiger charge is 2.09. The van der Waals surface area contributed by atoms with E-state index < -0.39 is 0 Å². The van der Waals surface area contributed by atoms with E-state index in [1.807, 2.05) is 19.0 Å². The van der Waals surface area contributed by atoms with Gasteiger partial charge in [0.2, 0.25) is 0 Å². The molecular weight excluding hydrogens is 228 g/mol. The summed E-state index contributed by atoms with van der Waals surface area (Å²) in [5, 5.41) is 7.61. The van der Waals surface area contributed by atoms with E-state index in [4.69, 9.17) is 0 Å². The van der Waals surface area contributed by atoms with Crippen molar-refractivity contribution >= 4 is 5.69 Å². The van der Waals surface area contributed by atoms with Crippen LogP contribution in [0.1, 0.15) is 26.7 Å². The molecular formula is C13H24N4O. The van der Waals surface area contributed by atoms with E-state index in [0.717, 1.165) is 25.1 Å². The molecule has 18 heavy (non-hydrogen) atoms. The van der Waals surface area contributed by atoms with Crippen LogP contribution in [0, 0.1) is 0 Å². The molecule has 0 saturated carbocycles. The van der Waals surface area contributed by atoms with Crippen molar-refractivity contribution in [2.45, 2.75) is 39.3 Å². The average Bonchev–Trinajstić information content (AvgIpc) is 2.32. The van der Waals surface area contributed by atoms with Gasteiger partial charge in [-0.2, -0.15) is 5.10 Å². The molecule has 0 fully saturated rings. The molecule has 0 aromatic carbocycles. The number of rotatable bonds is 7. The van der Waals surface area contributed by atoms with Crippen molar-refractivity contribution in [1.82, 2.24) is 15.1 Å². The molecule has 0 amide bonds. The van der Waals surface area contributed by atoms with Crippen LogP contribution in [-0.4, -0.2) is 36.5 Å². The van der Waals surface area contributed by atoms with Crippen molar-refractivity contribution < 1.29 is 0 Å². The third kappa shape index (κ3) is 4.14. The molecule has 1 atom stereocenters. The summed E-state index contributed by atoms with van der Waals surface area (Å²) in [5.41, 5.74) is 0.798. The van der Waals surface area contributed by atoms with Crippen molar-refractivity contribution in [3.63, 3.8) is 0 Å². The Morgan fingerprint density at radius 1 is 1.44 bits per heavy atom. The largest absolute Gasteiger partial charge is 0.376 e. The second-order valence-electron chi connectivity index (χ2n) is 4.67. The van der Waals surface area contributed by atoms with E-state index in [0.29, 0.717) is 12.6 Å². The van der Waals surface area contributed by atoms with E-state index in [1.165, 1.54) is 4.68 Å². The second kappa shape index (κ2) is 7.16. The third-order valence-electron chi connectivity index (χ3n) is 2.89. The van der Waals surface area contributed by atoms with Crippen LogP contribution in [0.25, 0.3) is 0 Å². The standard InChI is InChI=1S/C13H24N4O/c1-5-7-11(14-6-2)10-17-13(18)8-12(9-15-17)16(3)4/h8-9,11,14H,5-7,10H2,1-4H3. The van der Waals surface area contributed by atoms with Crippen molar-refractivity contribution in [3.8, 4) is 0 Å². The summed E-state index contributed by atoms with van der Waals surface area (Å²) in [4.78, 5) is 13.8. The molecule has 1 aromatic rings. The van der Waals surface area contributed by atoms with Gasteiger partial charge in [-0.05, 0) is 13.0 Å². The predicted octanol–water partition coefficient (Wildman–Crippen LogP) is 1.09. The Morgan fingerprint density at radius 3 is 2.67 bits per heavy atom. The van der Waals surface area contributed by atoms with Crippen LogP contribution in [-0.2, 0) is 6.54 Å². The Kier molecular flexibility index (Phi) is 5.85. The van der Waals surface area contributed by atoms with Gasteiger partial charge in [-0.25, -0.2) is 4.68 Å². The molecule has 0 spiro atoms. The normalized spacial score (nSPS) is 12.4. The summed E-state index contributed by atoms with van der Waals surface area (Å²) in [6.45, 7) is 5.77. The number of anilines is 1. The number of likely N-dealkylation sites (N-methyl/N-ethyl adjacent to an activating group) is 1. The van der Waals surface area contributed by atoms with Crippen molar-refractivity contribution in [1.29, 1.82) is 0 Å². The Morgan fingerprint density at radius 2 is 2.17 bits per heavy atom. The number of nitrogens with one attached hydrogen (secondary N) is 1. The monoisotopic (exact) mass is 252 g/mol. The van der Waals surface area contributed by atoms with Gasteiger partial charge in [0.15, 0.2) is 0 Å². The molecule has 1 rings (SSSR count). The van der Waals surface area contributed by atoms with Crippen molar-refractivity contribution in [2.24, 2.45) is 0 Å². The molecule has 0 radical (unpaired) electrons. The van der Waals surface area contributed by atoms with E-state index in [2.05, 4.69) is 24.3 Å². The summed E-state index contributed by atoms with van der Waals surface area (Å²) in [5.74, 6) is 0. The van der Waals surface area contributed by atoms with Gasteiger partial charge in [0, 0.05) is 26.2 Å². The maximum atomic E-state index is 11.9. The quantitative estimate of drug-likeness (QED) is 0.789. The van der Waals surface area contributed by atoms with E-state index in [1.54, 1.807) is 12.3 Å². The highest BCUT2D eigenvalue weighted by Crippen LogP contribution is 2.04. The lowest BCUT2D eigenvalue weighted by Crippen LogP contribution is -2.37. The van der Waals surface area contributed by atoms with Crippen molar-refractivity contribution in [3.05, 3.63) is 22.6 Å². The molecule has 1 N–H and O–H groups in total.